The normalized spacial score (nSPS) is 12.5. The minimum Gasteiger partial charge on any atom is -0.496 e. The van der Waals surface area contributed by atoms with Crippen LogP contribution in [0.5, 0.6) is 11.5 Å². The average molecular weight is 650 g/mol. The smallest absolute Gasteiger partial charge is 0.341 e. The van der Waals surface area contributed by atoms with Crippen molar-refractivity contribution in [3.8, 4) is 17.2 Å². The summed E-state index contributed by atoms with van der Waals surface area (Å²) in [5, 5.41) is 15.5. The van der Waals surface area contributed by atoms with Crippen LogP contribution >= 0.6 is 23.1 Å². The second kappa shape index (κ2) is 15.1. The number of thioether (sulfide) groups is 1. The molecule has 2 aromatic heterocycles. The molecular formula is C32H35N5O6S2. The number of carbonyl (C=O) groups excluding carboxylic acids is 3. The fourth-order valence-electron chi connectivity index (χ4n) is 5.19. The van der Waals surface area contributed by atoms with Gasteiger partial charge in [-0.2, -0.15) is 0 Å². The van der Waals surface area contributed by atoms with Gasteiger partial charge in [0.15, 0.2) is 11.0 Å². The molecule has 1 aliphatic carbocycles. The van der Waals surface area contributed by atoms with Gasteiger partial charge in [0.25, 0.3) is 5.91 Å². The Morgan fingerprint density at radius 3 is 2.47 bits per heavy atom. The third kappa shape index (κ3) is 7.31. The van der Waals surface area contributed by atoms with Gasteiger partial charge in [-0.3, -0.25) is 14.2 Å². The van der Waals surface area contributed by atoms with Crippen molar-refractivity contribution in [1.29, 1.82) is 0 Å². The number of hydrogen-bond acceptors (Lipinski definition) is 10. The quantitative estimate of drug-likeness (QED) is 0.117. The minimum absolute atomic E-state index is 0.00564. The second-order valence-corrected chi connectivity index (χ2v) is 12.2. The summed E-state index contributed by atoms with van der Waals surface area (Å²) in [6.45, 7) is 2.08. The first-order valence-electron chi connectivity index (χ1n) is 14.7. The van der Waals surface area contributed by atoms with Crippen LogP contribution in [0.15, 0.2) is 53.7 Å². The Morgan fingerprint density at radius 2 is 1.69 bits per heavy atom. The molecule has 0 aliphatic heterocycles. The number of para-hydroxylation sites is 3. The lowest BCUT2D eigenvalue weighted by atomic mass is 10.1. The van der Waals surface area contributed by atoms with Crippen LogP contribution in [0.1, 0.15) is 63.2 Å². The van der Waals surface area contributed by atoms with Crippen molar-refractivity contribution in [3.05, 3.63) is 75.9 Å². The van der Waals surface area contributed by atoms with Gasteiger partial charge in [0.1, 0.15) is 16.5 Å². The molecule has 2 amide bonds. The molecule has 1 aliphatic rings. The van der Waals surface area contributed by atoms with Crippen LogP contribution in [0.2, 0.25) is 0 Å². The number of aromatic nitrogens is 3. The van der Waals surface area contributed by atoms with Crippen molar-refractivity contribution < 1.29 is 28.6 Å². The molecule has 0 unspecified atom stereocenters. The van der Waals surface area contributed by atoms with E-state index in [1.807, 2.05) is 24.3 Å². The summed E-state index contributed by atoms with van der Waals surface area (Å²) in [4.78, 5) is 40.4. The largest absolute Gasteiger partial charge is 0.496 e. The number of aryl methyl sites for hydroxylation is 1. The lowest BCUT2D eigenvalue weighted by molar-refractivity contribution is -0.113. The van der Waals surface area contributed by atoms with Crippen LogP contribution < -0.4 is 20.1 Å². The highest BCUT2D eigenvalue weighted by Crippen LogP contribution is 2.38. The number of nitrogens with zero attached hydrogens (tertiary/aromatic N) is 3. The number of benzene rings is 2. The maximum absolute atomic E-state index is 13.3. The topological polar surface area (TPSA) is 134 Å². The zero-order valence-electron chi connectivity index (χ0n) is 25.4. The molecule has 0 spiro atoms. The summed E-state index contributed by atoms with van der Waals surface area (Å²) in [5.41, 5.74) is 2.51. The number of amides is 2. The van der Waals surface area contributed by atoms with E-state index >= 15 is 0 Å². The van der Waals surface area contributed by atoms with Gasteiger partial charge in [0.2, 0.25) is 5.91 Å². The van der Waals surface area contributed by atoms with Gasteiger partial charge in [-0.15, -0.1) is 21.5 Å². The Morgan fingerprint density at radius 1 is 0.956 bits per heavy atom. The fraction of sp³-hybridized carbons (Fsp3) is 0.344. The molecule has 11 nitrogen and oxygen atoms in total. The highest BCUT2D eigenvalue weighted by atomic mass is 32.2. The number of hydrogen-bond donors (Lipinski definition) is 2. The number of methoxy groups -OCH3 is 2. The van der Waals surface area contributed by atoms with Crippen molar-refractivity contribution >= 4 is 45.9 Å². The third-order valence-electron chi connectivity index (χ3n) is 7.27. The Labute approximate surface area is 269 Å². The van der Waals surface area contributed by atoms with Gasteiger partial charge in [0.05, 0.1) is 49.9 Å². The van der Waals surface area contributed by atoms with Gasteiger partial charge < -0.3 is 24.8 Å². The molecule has 4 aromatic rings. The monoisotopic (exact) mass is 649 g/mol. The van der Waals surface area contributed by atoms with E-state index in [1.54, 1.807) is 42.9 Å². The van der Waals surface area contributed by atoms with E-state index in [2.05, 4.69) is 20.8 Å². The Kier molecular flexibility index (Phi) is 10.7. The van der Waals surface area contributed by atoms with Gasteiger partial charge in [-0.25, -0.2) is 4.79 Å². The zero-order chi connectivity index (χ0) is 31.8. The molecule has 0 radical (unpaired) electrons. The molecule has 45 heavy (non-hydrogen) atoms. The number of nitrogens with one attached hydrogen (secondary N) is 2. The van der Waals surface area contributed by atoms with Crippen molar-refractivity contribution in [2.75, 3.05) is 31.9 Å². The van der Waals surface area contributed by atoms with E-state index in [0.29, 0.717) is 44.3 Å². The minimum atomic E-state index is -0.407. The number of anilines is 1. The Hall–Kier alpha value is -4.36. The molecule has 2 N–H and O–H groups in total. The lowest BCUT2D eigenvalue weighted by Gasteiger charge is -2.14. The highest BCUT2D eigenvalue weighted by molar-refractivity contribution is 7.99. The Balaban J connectivity index is 1.36. The predicted molar refractivity (Wildman–Crippen MR) is 173 cm³/mol. The molecular weight excluding hydrogens is 615 g/mol. The highest BCUT2D eigenvalue weighted by Gasteiger charge is 2.27. The summed E-state index contributed by atoms with van der Waals surface area (Å²) in [7, 11) is 3.08. The first kappa shape index (κ1) is 32.0. The van der Waals surface area contributed by atoms with Crippen LogP contribution in [0, 0.1) is 0 Å². The van der Waals surface area contributed by atoms with E-state index < -0.39 is 5.97 Å². The first-order chi connectivity index (χ1) is 21.9. The SMILES string of the molecule is CCOC(=O)c1c(NC(=O)CSc2nnc(CNC(=O)c3ccccc3OC)n2-c2ccccc2OC)sc2c1CCCCC2. The summed E-state index contributed by atoms with van der Waals surface area (Å²) in [5.74, 6) is 0.445. The van der Waals surface area contributed by atoms with E-state index in [9.17, 15) is 14.4 Å². The predicted octanol–water partition coefficient (Wildman–Crippen LogP) is 5.45. The zero-order valence-corrected chi connectivity index (χ0v) is 27.0. The molecule has 0 saturated heterocycles. The van der Waals surface area contributed by atoms with Crippen molar-refractivity contribution in [1.82, 2.24) is 20.1 Å². The fourth-order valence-corrected chi connectivity index (χ4v) is 7.25. The molecule has 236 valence electrons. The van der Waals surface area contributed by atoms with E-state index in [4.69, 9.17) is 14.2 Å². The van der Waals surface area contributed by atoms with Crippen LogP contribution in [0.4, 0.5) is 5.00 Å². The summed E-state index contributed by atoms with van der Waals surface area (Å²) >= 11 is 2.64. The Bertz CT molecular complexity index is 1680. The molecule has 5 rings (SSSR count). The van der Waals surface area contributed by atoms with Crippen LogP contribution in [0.25, 0.3) is 5.69 Å². The maximum atomic E-state index is 13.3. The average Bonchev–Trinajstić information content (AvgIpc) is 3.54. The number of esters is 1. The third-order valence-corrected chi connectivity index (χ3v) is 9.41. The maximum Gasteiger partial charge on any atom is 0.341 e. The van der Waals surface area contributed by atoms with Crippen molar-refractivity contribution in [2.45, 2.75) is 50.7 Å². The number of ether oxygens (including phenoxy) is 3. The first-order valence-corrected chi connectivity index (χ1v) is 16.5. The molecule has 2 heterocycles. The van der Waals surface area contributed by atoms with Crippen LogP contribution in [-0.4, -0.2) is 59.1 Å². The van der Waals surface area contributed by atoms with E-state index in [-0.39, 0.29) is 30.7 Å². The second-order valence-electron chi connectivity index (χ2n) is 10.1. The van der Waals surface area contributed by atoms with E-state index in [1.165, 1.54) is 30.2 Å². The summed E-state index contributed by atoms with van der Waals surface area (Å²) < 4.78 is 18.0. The number of carbonyl (C=O) groups is 3. The van der Waals surface area contributed by atoms with Gasteiger partial charge >= 0.3 is 5.97 Å². The van der Waals surface area contributed by atoms with Crippen molar-refractivity contribution in [2.24, 2.45) is 0 Å². The van der Waals surface area contributed by atoms with Crippen LogP contribution in [0.3, 0.4) is 0 Å². The van der Waals surface area contributed by atoms with Gasteiger partial charge in [-0.05, 0) is 62.4 Å². The van der Waals surface area contributed by atoms with E-state index in [0.717, 1.165) is 42.5 Å². The molecule has 0 saturated carbocycles. The van der Waals surface area contributed by atoms with Gasteiger partial charge in [-0.1, -0.05) is 42.4 Å². The summed E-state index contributed by atoms with van der Waals surface area (Å²) in [6.07, 6.45) is 4.85. The molecule has 0 bridgehead atoms. The van der Waals surface area contributed by atoms with Crippen molar-refractivity contribution in [3.63, 3.8) is 0 Å². The van der Waals surface area contributed by atoms with Gasteiger partial charge in [0, 0.05) is 4.88 Å². The summed E-state index contributed by atoms with van der Waals surface area (Å²) in [6, 6.07) is 14.3. The molecule has 13 heteroatoms. The molecule has 0 atom stereocenters. The number of rotatable bonds is 12. The number of fused-ring (bicyclic) bond motifs is 1. The molecule has 0 fully saturated rings. The molecule has 2 aromatic carbocycles. The standard InChI is InChI=1S/C32H35N5O6S2/c1-4-43-31(40)28-21-13-6-5-7-17-25(21)45-30(28)34-27(38)19-44-32-36-35-26(37(32)22-14-9-11-16-24(22)42-3)18-33-29(39)20-12-8-10-15-23(20)41-2/h8-12,14-16H,4-7,13,17-19H2,1-3H3,(H,33,39)(H,34,38). The lowest BCUT2D eigenvalue weighted by Crippen LogP contribution is -2.25. The number of thiophene rings is 1. The van der Waals surface area contributed by atoms with Crippen LogP contribution in [-0.2, 0) is 28.9 Å².